The van der Waals surface area contributed by atoms with Crippen LogP contribution in [0.15, 0.2) is 48.0 Å². The van der Waals surface area contributed by atoms with Crippen LogP contribution in [0.1, 0.15) is 22.7 Å². The molecule has 0 spiro atoms. The molecule has 0 saturated carbocycles. The van der Waals surface area contributed by atoms with Crippen LogP contribution in [-0.2, 0) is 0 Å². The Balaban J connectivity index is 1.72. The van der Waals surface area contributed by atoms with Crippen molar-refractivity contribution in [2.45, 2.75) is 19.9 Å². The van der Waals surface area contributed by atoms with Gasteiger partial charge in [0.2, 0.25) is 0 Å². The fourth-order valence-corrected chi connectivity index (χ4v) is 3.61. The third kappa shape index (κ3) is 2.92. The van der Waals surface area contributed by atoms with Crippen LogP contribution >= 0.6 is 22.7 Å². The van der Waals surface area contributed by atoms with E-state index < -0.39 is 0 Å². The van der Waals surface area contributed by atoms with Crippen LogP contribution in [0.5, 0.6) is 0 Å². The van der Waals surface area contributed by atoms with Crippen molar-refractivity contribution >= 4 is 28.4 Å². The Morgan fingerprint density at radius 2 is 1.90 bits per heavy atom. The first kappa shape index (κ1) is 13.3. The van der Waals surface area contributed by atoms with Gasteiger partial charge >= 0.3 is 0 Å². The van der Waals surface area contributed by atoms with E-state index in [2.05, 4.69) is 60.5 Å². The molecule has 2 heterocycles. The number of hydrogen-bond donors (Lipinski definition) is 1. The maximum Gasteiger partial charge on any atom is 0.123 e. The highest BCUT2D eigenvalue weighted by Gasteiger charge is 2.07. The highest BCUT2D eigenvalue weighted by molar-refractivity contribution is 7.13. The number of thiazole rings is 1. The Hall–Kier alpha value is -1.65. The molecule has 3 aromatic rings. The van der Waals surface area contributed by atoms with Crippen molar-refractivity contribution in [1.82, 2.24) is 4.98 Å². The predicted molar refractivity (Wildman–Crippen MR) is 88.6 cm³/mol. The van der Waals surface area contributed by atoms with Gasteiger partial charge in [0.15, 0.2) is 0 Å². The zero-order valence-corrected chi connectivity index (χ0v) is 13.1. The van der Waals surface area contributed by atoms with E-state index in [1.165, 1.54) is 15.3 Å². The molecule has 4 heteroatoms. The van der Waals surface area contributed by atoms with E-state index in [9.17, 15) is 0 Å². The number of anilines is 1. The van der Waals surface area contributed by atoms with Crippen molar-refractivity contribution in [2.75, 3.05) is 5.32 Å². The fourth-order valence-electron chi connectivity index (χ4n) is 2.08. The van der Waals surface area contributed by atoms with E-state index in [1.54, 1.807) is 11.3 Å². The number of aromatic nitrogens is 1. The third-order valence-electron chi connectivity index (χ3n) is 3.14. The Labute approximate surface area is 127 Å². The quantitative estimate of drug-likeness (QED) is 0.702. The normalized spacial score (nSPS) is 12.3. The van der Waals surface area contributed by atoms with Gasteiger partial charge in [-0.15, -0.1) is 22.7 Å². The Morgan fingerprint density at radius 3 is 2.50 bits per heavy atom. The molecule has 102 valence electrons. The van der Waals surface area contributed by atoms with Gasteiger partial charge in [-0.3, -0.25) is 0 Å². The van der Waals surface area contributed by atoms with Crippen LogP contribution in [0.25, 0.3) is 10.6 Å². The van der Waals surface area contributed by atoms with E-state index in [1.807, 2.05) is 22.9 Å². The van der Waals surface area contributed by atoms with Gasteiger partial charge in [-0.05, 0) is 50.2 Å². The molecule has 2 nitrogen and oxygen atoms in total. The molecule has 1 unspecified atom stereocenters. The average Bonchev–Trinajstić information content (AvgIpc) is 3.10. The van der Waals surface area contributed by atoms with Gasteiger partial charge in [0, 0.05) is 32.6 Å². The van der Waals surface area contributed by atoms with Gasteiger partial charge < -0.3 is 5.32 Å². The summed E-state index contributed by atoms with van der Waals surface area (Å²) in [6, 6.07) is 13.2. The van der Waals surface area contributed by atoms with Gasteiger partial charge in [-0.25, -0.2) is 4.98 Å². The van der Waals surface area contributed by atoms with E-state index in [0.29, 0.717) is 6.04 Å². The zero-order valence-electron chi connectivity index (χ0n) is 11.5. The highest BCUT2D eigenvalue weighted by atomic mass is 32.1. The summed E-state index contributed by atoms with van der Waals surface area (Å²) in [5.74, 6) is 0. The molecule has 20 heavy (non-hydrogen) atoms. The molecule has 0 saturated heterocycles. The lowest BCUT2D eigenvalue weighted by Gasteiger charge is -2.13. The first-order valence-electron chi connectivity index (χ1n) is 6.55. The smallest absolute Gasteiger partial charge is 0.123 e. The largest absolute Gasteiger partial charge is 0.378 e. The number of nitrogens with zero attached hydrogens (tertiary/aromatic N) is 1. The Kier molecular flexibility index (Phi) is 3.85. The molecule has 0 amide bonds. The first-order valence-corrected chi connectivity index (χ1v) is 8.25. The van der Waals surface area contributed by atoms with Crippen molar-refractivity contribution in [3.05, 3.63) is 57.7 Å². The average molecular weight is 300 g/mol. The Morgan fingerprint density at radius 1 is 1.10 bits per heavy atom. The van der Waals surface area contributed by atoms with Crippen LogP contribution in [0, 0.1) is 6.92 Å². The van der Waals surface area contributed by atoms with Gasteiger partial charge in [0.1, 0.15) is 5.01 Å². The molecular formula is C16H16N2S2. The second-order valence-corrected chi connectivity index (χ2v) is 6.94. The summed E-state index contributed by atoms with van der Waals surface area (Å²) >= 11 is 3.51. The van der Waals surface area contributed by atoms with E-state index in [4.69, 9.17) is 0 Å². The third-order valence-corrected chi connectivity index (χ3v) is 5.14. The first-order chi connectivity index (χ1) is 9.72. The minimum absolute atomic E-state index is 0.333. The summed E-state index contributed by atoms with van der Waals surface area (Å²) in [5, 5.41) is 6.61. The van der Waals surface area contributed by atoms with Crippen LogP contribution in [0.2, 0.25) is 0 Å². The Bertz CT molecular complexity index is 669. The molecule has 0 radical (unpaired) electrons. The summed E-state index contributed by atoms with van der Waals surface area (Å²) in [6.45, 7) is 4.34. The topological polar surface area (TPSA) is 24.9 Å². The number of benzene rings is 1. The number of aryl methyl sites for hydroxylation is 1. The maximum atomic E-state index is 4.33. The van der Waals surface area contributed by atoms with Gasteiger partial charge in [-0.2, -0.15) is 0 Å². The van der Waals surface area contributed by atoms with Crippen molar-refractivity contribution in [3.8, 4) is 10.6 Å². The molecule has 0 aliphatic rings. The molecule has 1 atom stereocenters. The van der Waals surface area contributed by atoms with Crippen LogP contribution in [-0.4, -0.2) is 4.98 Å². The number of thiophene rings is 1. The van der Waals surface area contributed by atoms with Crippen molar-refractivity contribution in [3.63, 3.8) is 0 Å². The molecule has 0 bridgehead atoms. The zero-order chi connectivity index (χ0) is 13.9. The summed E-state index contributed by atoms with van der Waals surface area (Å²) in [4.78, 5) is 7.05. The standard InChI is InChI=1S/C16H16N2S2/c1-11-3-8-15(20-11)12(2)18-14-6-4-13(5-7-14)16-17-9-10-19-16/h3-10,12,18H,1-2H3. The van der Waals surface area contributed by atoms with Crippen LogP contribution in [0.4, 0.5) is 5.69 Å². The van der Waals surface area contributed by atoms with Crippen molar-refractivity contribution in [2.24, 2.45) is 0 Å². The SMILES string of the molecule is Cc1ccc(C(C)Nc2ccc(-c3nccs3)cc2)s1. The summed E-state index contributed by atoms with van der Waals surface area (Å²) < 4.78 is 0. The molecule has 1 aromatic carbocycles. The van der Waals surface area contributed by atoms with Gasteiger partial charge in [0.05, 0.1) is 6.04 Å². The molecule has 0 aliphatic heterocycles. The molecule has 0 aliphatic carbocycles. The van der Waals surface area contributed by atoms with Gasteiger partial charge in [0.25, 0.3) is 0 Å². The monoisotopic (exact) mass is 300 g/mol. The summed E-state index contributed by atoms with van der Waals surface area (Å²) in [7, 11) is 0. The number of hydrogen-bond acceptors (Lipinski definition) is 4. The second-order valence-electron chi connectivity index (χ2n) is 4.73. The second kappa shape index (κ2) is 5.77. The van der Waals surface area contributed by atoms with Crippen LogP contribution in [0.3, 0.4) is 0 Å². The molecule has 1 N–H and O–H groups in total. The number of rotatable bonds is 4. The lowest BCUT2D eigenvalue weighted by molar-refractivity contribution is 0.908. The summed E-state index contributed by atoms with van der Waals surface area (Å²) in [5.41, 5.74) is 2.31. The lowest BCUT2D eigenvalue weighted by atomic mass is 10.2. The van der Waals surface area contributed by atoms with E-state index in [0.717, 1.165) is 10.7 Å². The van der Waals surface area contributed by atoms with Crippen LogP contribution < -0.4 is 5.32 Å². The van der Waals surface area contributed by atoms with E-state index >= 15 is 0 Å². The molecule has 3 rings (SSSR count). The van der Waals surface area contributed by atoms with Crippen molar-refractivity contribution < 1.29 is 0 Å². The predicted octanol–water partition coefficient (Wildman–Crippen LogP) is 5.35. The van der Waals surface area contributed by atoms with Gasteiger partial charge in [-0.1, -0.05) is 0 Å². The van der Waals surface area contributed by atoms with Crippen molar-refractivity contribution in [1.29, 1.82) is 0 Å². The highest BCUT2D eigenvalue weighted by Crippen LogP contribution is 2.27. The number of nitrogens with one attached hydrogen (secondary N) is 1. The molecule has 2 aromatic heterocycles. The summed E-state index contributed by atoms with van der Waals surface area (Å²) in [6.07, 6.45) is 1.84. The fraction of sp³-hybridized carbons (Fsp3) is 0.188. The maximum absolute atomic E-state index is 4.33. The molecule has 0 fully saturated rings. The minimum atomic E-state index is 0.333. The molecular weight excluding hydrogens is 284 g/mol. The minimum Gasteiger partial charge on any atom is -0.378 e. The van der Waals surface area contributed by atoms with E-state index in [-0.39, 0.29) is 0 Å². The lowest BCUT2D eigenvalue weighted by Crippen LogP contribution is -2.04.